The van der Waals surface area contributed by atoms with Gasteiger partial charge in [-0.2, -0.15) is 5.26 Å². The molecule has 10 nitrogen and oxygen atoms in total. The fourth-order valence-corrected chi connectivity index (χ4v) is 3.19. The van der Waals surface area contributed by atoms with Crippen LogP contribution in [0.3, 0.4) is 0 Å². The van der Waals surface area contributed by atoms with Crippen LogP contribution in [0, 0.1) is 17.1 Å². The number of carbonyl (C=O) groups excluding carboxylic acids is 1. The minimum atomic E-state index is -3.50. The number of pyridine rings is 1. The molecule has 0 radical (unpaired) electrons. The average molecular weight is 525 g/mol. The molecular formula is C22H16ClF3N4O6. The Bertz CT molecular complexity index is 1480. The van der Waals surface area contributed by atoms with Gasteiger partial charge in [0.05, 0.1) is 16.4 Å². The zero-order chi connectivity index (χ0) is 26.6. The van der Waals surface area contributed by atoms with Gasteiger partial charge >= 0.3 is 11.7 Å². The molecule has 3 aromatic rings. The quantitative estimate of drug-likeness (QED) is 0.412. The molecule has 3 rings (SSSR count). The number of carbonyl (C=O) groups is 1. The molecule has 1 aromatic carbocycles. The summed E-state index contributed by atoms with van der Waals surface area (Å²) in [5.74, 6) is -6.01. The van der Waals surface area contributed by atoms with Crippen molar-refractivity contribution in [3.8, 4) is 29.1 Å². The largest absolute Gasteiger partial charge is 0.463 e. The van der Waals surface area contributed by atoms with Crippen LogP contribution in [-0.4, -0.2) is 33.3 Å². The second-order valence-electron chi connectivity index (χ2n) is 7.18. The molecule has 188 valence electrons. The van der Waals surface area contributed by atoms with Crippen molar-refractivity contribution in [2.24, 2.45) is 7.05 Å². The number of ether oxygens (including phenoxy) is 3. The first-order valence-corrected chi connectivity index (χ1v) is 10.3. The maximum atomic E-state index is 14.8. The summed E-state index contributed by atoms with van der Waals surface area (Å²) in [4.78, 5) is 40.7. The van der Waals surface area contributed by atoms with Crippen LogP contribution in [0.4, 0.5) is 13.2 Å². The molecule has 0 aliphatic rings. The fourth-order valence-electron chi connectivity index (χ4n) is 3.00. The molecule has 2 heterocycles. The highest BCUT2D eigenvalue weighted by molar-refractivity contribution is 6.32. The van der Waals surface area contributed by atoms with E-state index in [1.165, 1.54) is 18.3 Å². The molecule has 14 heteroatoms. The predicted octanol–water partition coefficient (Wildman–Crippen LogP) is 3.07. The Morgan fingerprint density at radius 1 is 1.25 bits per heavy atom. The zero-order valence-corrected chi connectivity index (χ0v) is 19.4. The zero-order valence-electron chi connectivity index (χ0n) is 18.6. The number of nitriles is 1. The van der Waals surface area contributed by atoms with Gasteiger partial charge in [0.1, 0.15) is 17.6 Å². The first-order valence-electron chi connectivity index (χ1n) is 9.93. The lowest BCUT2D eigenvalue weighted by Crippen LogP contribution is -2.41. The molecular weight excluding hydrogens is 509 g/mol. The second kappa shape index (κ2) is 10.5. The van der Waals surface area contributed by atoms with Gasteiger partial charge in [0.2, 0.25) is 0 Å². The predicted molar refractivity (Wildman–Crippen MR) is 118 cm³/mol. The van der Waals surface area contributed by atoms with Gasteiger partial charge in [-0.1, -0.05) is 11.6 Å². The van der Waals surface area contributed by atoms with Gasteiger partial charge in [-0.05, 0) is 18.2 Å². The Kier molecular flexibility index (Phi) is 7.69. The van der Waals surface area contributed by atoms with Crippen molar-refractivity contribution in [1.82, 2.24) is 14.1 Å². The lowest BCUT2D eigenvalue weighted by Gasteiger charge is -2.17. The Morgan fingerprint density at radius 2 is 1.97 bits per heavy atom. The van der Waals surface area contributed by atoms with Gasteiger partial charge in [-0.15, -0.1) is 0 Å². The topological polar surface area (TPSA) is 125 Å². The lowest BCUT2D eigenvalue weighted by molar-refractivity contribution is -0.144. The molecule has 0 spiro atoms. The molecule has 2 aromatic heterocycles. The van der Waals surface area contributed by atoms with Crippen molar-refractivity contribution in [2.45, 2.75) is 12.8 Å². The summed E-state index contributed by atoms with van der Waals surface area (Å²) < 4.78 is 58.6. The van der Waals surface area contributed by atoms with Crippen molar-refractivity contribution in [3.63, 3.8) is 0 Å². The van der Waals surface area contributed by atoms with Crippen molar-refractivity contribution in [2.75, 3.05) is 13.2 Å². The number of hydrogen-bond donors (Lipinski definition) is 0. The Balaban J connectivity index is 2.01. The SMILES string of the molecule is Cn1c(C(C)(F)F)cc(=O)n(-c2cc(Oc3cccnc3OCC(=O)OCC#N)c(Cl)cc2F)c1=O. The Hall–Kier alpha value is -4.31. The number of benzene rings is 1. The molecule has 0 fully saturated rings. The number of alkyl halides is 2. The van der Waals surface area contributed by atoms with Crippen LogP contribution in [0.2, 0.25) is 5.02 Å². The summed E-state index contributed by atoms with van der Waals surface area (Å²) in [7, 11) is 1.01. The van der Waals surface area contributed by atoms with Crippen LogP contribution in [0.5, 0.6) is 17.4 Å². The molecule has 0 saturated carbocycles. The van der Waals surface area contributed by atoms with E-state index in [-0.39, 0.29) is 22.4 Å². The highest BCUT2D eigenvalue weighted by Crippen LogP contribution is 2.36. The van der Waals surface area contributed by atoms with Gasteiger partial charge < -0.3 is 14.2 Å². The van der Waals surface area contributed by atoms with Crippen LogP contribution in [0.1, 0.15) is 12.6 Å². The van der Waals surface area contributed by atoms with Gasteiger partial charge in [-0.3, -0.25) is 9.36 Å². The third-order valence-electron chi connectivity index (χ3n) is 4.59. The first kappa shape index (κ1) is 26.3. The van der Waals surface area contributed by atoms with Crippen molar-refractivity contribution in [1.29, 1.82) is 5.26 Å². The highest BCUT2D eigenvalue weighted by atomic mass is 35.5. The van der Waals surface area contributed by atoms with Crippen LogP contribution < -0.4 is 20.7 Å². The van der Waals surface area contributed by atoms with E-state index in [0.29, 0.717) is 22.1 Å². The number of rotatable bonds is 8. The molecule has 0 bridgehead atoms. The Labute approximate surface area is 205 Å². The summed E-state index contributed by atoms with van der Waals surface area (Å²) in [6.07, 6.45) is 1.31. The minimum absolute atomic E-state index is 0.0914. The Morgan fingerprint density at radius 3 is 2.64 bits per heavy atom. The number of hydrogen-bond acceptors (Lipinski definition) is 8. The van der Waals surface area contributed by atoms with Crippen LogP contribution in [0.25, 0.3) is 5.69 Å². The van der Waals surface area contributed by atoms with Crippen LogP contribution in [-0.2, 0) is 22.5 Å². The summed E-state index contributed by atoms with van der Waals surface area (Å²) in [5, 5.41) is 8.17. The molecule has 36 heavy (non-hydrogen) atoms. The number of aromatic nitrogens is 3. The lowest BCUT2D eigenvalue weighted by atomic mass is 10.2. The van der Waals surface area contributed by atoms with E-state index in [1.54, 1.807) is 6.07 Å². The van der Waals surface area contributed by atoms with E-state index in [1.807, 2.05) is 0 Å². The second-order valence-corrected chi connectivity index (χ2v) is 7.59. The summed E-state index contributed by atoms with van der Waals surface area (Å²) in [6.45, 7) is -0.577. The molecule has 0 saturated heterocycles. The van der Waals surface area contributed by atoms with E-state index in [9.17, 15) is 27.6 Å². The first-order chi connectivity index (χ1) is 16.9. The third kappa shape index (κ3) is 5.66. The van der Waals surface area contributed by atoms with E-state index in [0.717, 1.165) is 19.2 Å². The summed E-state index contributed by atoms with van der Waals surface area (Å²) in [6, 6.07) is 6.63. The minimum Gasteiger partial charge on any atom is -0.463 e. The number of halogens is 4. The van der Waals surface area contributed by atoms with Crippen LogP contribution >= 0.6 is 11.6 Å². The summed E-state index contributed by atoms with van der Waals surface area (Å²) in [5.41, 5.74) is -3.90. The standard InChI is InChI=1S/C22H16ClF3N4O6/c1-22(25,26)17-10-18(31)30(21(33)29(17)2)14-9-16(12(23)8-13(14)24)36-15-4-3-6-28-20(15)35-11-19(32)34-7-5-27/h3-4,6,8-10H,7,11H2,1-2H3. The third-order valence-corrected chi connectivity index (χ3v) is 4.89. The van der Waals surface area contributed by atoms with Gasteiger partial charge in [0.25, 0.3) is 17.4 Å². The molecule has 0 unspecified atom stereocenters. The number of nitrogens with zero attached hydrogens (tertiary/aromatic N) is 4. The van der Waals surface area contributed by atoms with Gasteiger partial charge in [0.15, 0.2) is 19.0 Å². The van der Waals surface area contributed by atoms with E-state index in [2.05, 4.69) is 9.72 Å². The van der Waals surface area contributed by atoms with E-state index in [4.69, 9.17) is 26.3 Å². The van der Waals surface area contributed by atoms with E-state index < -0.39 is 53.6 Å². The van der Waals surface area contributed by atoms with Gasteiger partial charge in [0, 0.05) is 32.3 Å². The maximum absolute atomic E-state index is 14.8. The van der Waals surface area contributed by atoms with E-state index >= 15 is 0 Å². The van der Waals surface area contributed by atoms with Crippen molar-refractivity contribution >= 4 is 17.6 Å². The molecule has 0 atom stereocenters. The highest BCUT2D eigenvalue weighted by Gasteiger charge is 2.30. The smallest absolute Gasteiger partial charge is 0.345 e. The maximum Gasteiger partial charge on any atom is 0.345 e. The fraction of sp³-hybridized carbons (Fsp3) is 0.227. The van der Waals surface area contributed by atoms with Crippen LogP contribution in [0.15, 0.2) is 46.1 Å². The average Bonchev–Trinajstić information content (AvgIpc) is 2.81. The van der Waals surface area contributed by atoms with Crippen molar-refractivity contribution < 1.29 is 32.2 Å². The van der Waals surface area contributed by atoms with Crippen molar-refractivity contribution in [3.05, 3.63) is 73.9 Å². The monoisotopic (exact) mass is 524 g/mol. The molecule has 0 amide bonds. The molecule has 0 aliphatic heterocycles. The molecule has 0 N–H and O–H groups in total. The summed E-state index contributed by atoms with van der Waals surface area (Å²) >= 11 is 6.07. The molecule has 0 aliphatic carbocycles. The number of esters is 1. The van der Waals surface area contributed by atoms with Gasteiger partial charge in [-0.25, -0.2) is 32.3 Å². The normalized spacial score (nSPS) is 11.0.